The van der Waals surface area contributed by atoms with Gasteiger partial charge in [0.1, 0.15) is 12.4 Å². The van der Waals surface area contributed by atoms with Crippen LogP contribution in [0.1, 0.15) is 69.2 Å². The van der Waals surface area contributed by atoms with Crippen LogP contribution in [0.4, 0.5) is 5.69 Å². The summed E-state index contributed by atoms with van der Waals surface area (Å²) >= 11 is 0. The molecule has 0 bridgehead atoms. The third-order valence-electron chi connectivity index (χ3n) is 7.92. The van der Waals surface area contributed by atoms with Gasteiger partial charge in [-0.15, -0.1) is 0 Å². The molecule has 3 aliphatic rings. The van der Waals surface area contributed by atoms with Gasteiger partial charge in [0.15, 0.2) is 0 Å². The largest absolute Gasteiger partial charge is 0.491 e. The van der Waals surface area contributed by atoms with Gasteiger partial charge in [0, 0.05) is 51.2 Å². The van der Waals surface area contributed by atoms with Gasteiger partial charge in [-0.2, -0.15) is 0 Å². The van der Waals surface area contributed by atoms with Crippen LogP contribution in [0, 0.1) is 17.8 Å². The molecule has 0 saturated heterocycles. The number of carbonyl (C=O) groups excluding carboxylic acids is 3. The number of rotatable bonds is 5. The Morgan fingerprint density at radius 3 is 2.50 bits per heavy atom. The first-order chi connectivity index (χ1) is 17.3. The monoisotopic (exact) mass is 499 g/mol. The molecule has 0 radical (unpaired) electrons. The normalized spacial score (nSPS) is 26.0. The van der Waals surface area contributed by atoms with Crippen LogP contribution in [0.25, 0.3) is 0 Å². The number of fused-ring (bicyclic) bond motifs is 1. The average molecular weight is 500 g/mol. The van der Waals surface area contributed by atoms with Gasteiger partial charge in [0.05, 0.1) is 17.7 Å². The van der Waals surface area contributed by atoms with E-state index in [1.165, 1.54) is 0 Å². The van der Waals surface area contributed by atoms with Crippen molar-refractivity contribution < 1.29 is 23.9 Å². The molecule has 2 saturated carbocycles. The smallest absolute Gasteiger partial charge is 0.257 e. The van der Waals surface area contributed by atoms with Crippen molar-refractivity contribution in [2.24, 2.45) is 17.8 Å². The van der Waals surface area contributed by atoms with E-state index in [-0.39, 0.29) is 48.3 Å². The fourth-order valence-corrected chi connectivity index (χ4v) is 5.32. The van der Waals surface area contributed by atoms with Gasteiger partial charge in [-0.3, -0.25) is 14.4 Å². The highest BCUT2D eigenvalue weighted by molar-refractivity contribution is 5.99. The molecule has 1 aromatic carbocycles. The molecule has 4 rings (SSSR count). The molecular weight excluding hydrogens is 458 g/mol. The van der Waals surface area contributed by atoms with Crippen molar-refractivity contribution in [1.29, 1.82) is 0 Å². The number of methoxy groups -OCH3 is 1. The summed E-state index contributed by atoms with van der Waals surface area (Å²) in [6.07, 6.45) is 6.58. The van der Waals surface area contributed by atoms with Crippen LogP contribution in [-0.4, -0.2) is 73.5 Å². The fourth-order valence-electron chi connectivity index (χ4n) is 5.32. The molecule has 0 spiro atoms. The molecule has 0 aromatic heterocycles. The maximum absolute atomic E-state index is 13.5. The van der Waals surface area contributed by atoms with Gasteiger partial charge in [-0.05, 0) is 56.7 Å². The predicted molar refractivity (Wildman–Crippen MR) is 138 cm³/mol. The van der Waals surface area contributed by atoms with Crippen LogP contribution in [0.3, 0.4) is 0 Å². The lowest BCUT2D eigenvalue weighted by Crippen LogP contribution is -2.48. The zero-order chi connectivity index (χ0) is 25.8. The molecule has 1 heterocycles. The van der Waals surface area contributed by atoms with E-state index in [0.717, 1.165) is 38.5 Å². The van der Waals surface area contributed by atoms with Crippen LogP contribution >= 0.6 is 0 Å². The van der Waals surface area contributed by atoms with E-state index in [9.17, 15) is 14.4 Å². The molecule has 8 nitrogen and oxygen atoms in total. The molecule has 2 fully saturated rings. The summed E-state index contributed by atoms with van der Waals surface area (Å²) in [5.74, 6) is 0.996. The van der Waals surface area contributed by atoms with Crippen LogP contribution in [0.2, 0.25) is 0 Å². The SMILES string of the molecule is CO[C@@H]1CN(C)C(=O)c2cc(NC(=O)C3CCCC3)ccc2OC[C@@H](C)N(C(=O)CC2CC2)C[C@H]1C. The summed E-state index contributed by atoms with van der Waals surface area (Å²) in [6.45, 7) is 5.27. The van der Waals surface area contributed by atoms with Crippen LogP contribution < -0.4 is 10.1 Å². The lowest BCUT2D eigenvalue weighted by molar-refractivity contribution is -0.135. The molecule has 36 heavy (non-hydrogen) atoms. The molecule has 3 atom stereocenters. The van der Waals surface area contributed by atoms with E-state index >= 15 is 0 Å². The third kappa shape index (κ3) is 6.38. The van der Waals surface area contributed by atoms with Gasteiger partial charge in [0.2, 0.25) is 11.8 Å². The number of amides is 3. The molecular formula is C28H41N3O5. The first kappa shape index (κ1) is 26.5. The van der Waals surface area contributed by atoms with E-state index < -0.39 is 0 Å². The Hall–Kier alpha value is -2.61. The first-order valence-corrected chi connectivity index (χ1v) is 13.4. The molecule has 198 valence electrons. The van der Waals surface area contributed by atoms with E-state index in [2.05, 4.69) is 12.2 Å². The van der Waals surface area contributed by atoms with Gasteiger partial charge < -0.3 is 24.6 Å². The lowest BCUT2D eigenvalue weighted by atomic mass is 10.0. The third-order valence-corrected chi connectivity index (χ3v) is 7.92. The molecule has 1 N–H and O–H groups in total. The highest BCUT2D eigenvalue weighted by Gasteiger charge is 2.33. The number of nitrogens with zero attached hydrogens (tertiary/aromatic N) is 2. The molecule has 1 aromatic rings. The number of anilines is 1. The van der Waals surface area contributed by atoms with Crippen LogP contribution in [-0.2, 0) is 14.3 Å². The Morgan fingerprint density at radius 2 is 1.83 bits per heavy atom. The quantitative estimate of drug-likeness (QED) is 0.663. The maximum atomic E-state index is 13.5. The van der Waals surface area contributed by atoms with Crippen molar-refractivity contribution in [3.8, 4) is 5.75 Å². The van der Waals surface area contributed by atoms with Gasteiger partial charge in [-0.25, -0.2) is 0 Å². The maximum Gasteiger partial charge on any atom is 0.257 e. The Bertz CT molecular complexity index is 957. The van der Waals surface area contributed by atoms with Crippen molar-refractivity contribution in [2.45, 2.75) is 70.9 Å². The van der Waals surface area contributed by atoms with Crippen molar-refractivity contribution in [2.75, 3.05) is 39.2 Å². The highest BCUT2D eigenvalue weighted by Crippen LogP contribution is 2.34. The van der Waals surface area contributed by atoms with Gasteiger partial charge >= 0.3 is 0 Å². The number of likely N-dealkylation sites (N-methyl/N-ethyl adjacent to an activating group) is 1. The van der Waals surface area contributed by atoms with Gasteiger partial charge in [-0.1, -0.05) is 19.8 Å². The first-order valence-electron chi connectivity index (χ1n) is 13.4. The second-order valence-corrected chi connectivity index (χ2v) is 11.0. The van der Waals surface area contributed by atoms with E-state index in [4.69, 9.17) is 9.47 Å². The van der Waals surface area contributed by atoms with Crippen molar-refractivity contribution >= 4 is 23.4 Å². The van der Waals surface area contributed by atoms with Gasteiger partial charge in [0.25, 0.3) is 5.91 Å². The van der Waals surface area contributed by atoms with Crippen LogP contribution in [0.15, 0.2) is 18.2 Å². The van der Waals surface area contributed by atoms with Crippen LogP contribution in [0.5, 0.6) is 5.75 Å². The second-order valence-electron chi connectivity index (χ2n) is 11.0. The Balaban J connectivity index is 1.59. The number of hydrogen-bond acceptors (Lipinski definition) is 5. The van der Waals surface area contributed by atoms with E-state index in [0.29, 0.717) is 42.4 Å². The summed E-state index contributed by atoms with van der Waals surface area (Å²) < 4.78 is 11.9. The van der Waals surface area contributed by atoms with Crippen molar-refractivity contribution in [3.63, 3.8) is 0 Å². The number of carbonyl (C=O) groups is 3. The molecule has 1 aliphatic heterocycles. The summed E-state index contributed by atoms with van der Waals surface area (Å²) in [5.41, 5.74) is 0.988. The van der Waals surface area contributed by atoms with E-state index in [1.54, 1.807) is 37.3 Å². The number of ether oxygens (including phenoxy) is 2. The summed E-state index contributed by atoms with van der Waals surface area (Å²) in [4.78, 5) is 42.9. The fraction of sp³-hybridized carbons (Fsp3) is 0.679. The van der Waals surface area contributed by atoms with E-state index in [1.807, 2.05) is 11.8 Å². The minimum atomic E-state index is -0.226. The summed E-state index contributed by atoms with van der Waals surface area (Å²) in [6, 6.07) is 5.08. The molecule has 0 unspecified atom stereocenters. The summed E-state index contributed by atoms with van der Waals surface area (Å²) in [7, 11) is 3.40. The molecule has 2 aliphatic carbocycles. The predicted octanol–water partition coefficient (Wildman–Crippen LogP) is 3.95. The Labute approximate surface area is 214 Å². The second kappa shape index (κ2) is 11.6. The standard InChI is InChI=1S/C28H41N3O5/c1-18-15-31(26(32)13-20-9-10-20)19(2)17-36-24-12-11-22(29-27(33)21-7-5-6-8-21)14-23(24)28(34)30(3)16-25(18)35-4/h11-12,14,18-21,25H,5-10,13,15-17H2,1-4H3,(H,29,33)/t18-,19-,25-/m1/s1. The number of nitrogens with one attached hydrogen (secondary N) is 1. The zero-order valence-electron chi connectivity index (χ0n) is 22.1. The van der Waals surface area contributed by atoms with Crippen molar-refractivity contribution in [3.05, 3.63) is 23.8 Å². The minimum absolute atomic E-state index is 0.00837. The highest BCUT2D eigenvalue weighted by atomic mass is 16.5. The average Bonchev–Trinajstić information content (AvgIpc) is 3.50. The topological polar surface area (TPSA) is 88.2 Å². The Kier molecular flexibility index (Phi) is 8.54. The van der Waals surface area contributed by atoms with Crippen molar-refractivity contribution in [1.82, 2.24) is 9.80 Å². The Morgan fingerprint density at radius 1 is 1.11 bits per heavy atom. The zero-order valence-corrected chi connectivity index (χ0v) is 22.1. The number of hydrogen-bond donors (Lipinski definition) is 1. The number of benzene rings is 1. The lowest BCUT2D eigenvalue weighted by Gasteiger charge is -2.36. The minimum Gasteiger partial charge on any atom is -0.491 e. The summed E-state index contributed by atoms with van der Waals surface area (Å²) in [5, 5.41) is 2.99. The molecule has 8 heteroatoms. The molecule has 3 amide bonds.